The number of fused-ring (bicyclic) bond motifs is 5. The van der Waals surface area contributed by atoms with Crippen molar-refractivity contribution in [2.45, 2.75) is 95.7 Å². The predicted octanol–water partition coefficient (Wildman–Crippen LogP) is 3.53. The summed E-state index contributed by atoms with van der Waals surface area (Å²) in [6.07, 6.45) is 1.02. The number of anilines is 1. The molecular formula is C34H46ClN3O10. The van der Waals surface area contributed by atoms with Crippen LogP contribution in [-0.4, -0.2) is 104 Å². The molecule has 3 heterocycles. The van der Waals surface area contributed by atoms with Crippen LogP contribution in [0.25, 0.3) is 0 Å². The number of amides is 3. The van der Waals surface area contributed by atoms with Gasteiger partial charge in [0.15, 0.2) is 5.72 Å². The zero-order valence-electron chi connectivity index (χ0n) is 28.9. The summed E-state index contributed by atoms with van der Waals surface area (Å²) < 4.78 is 28.9. The Balaban J connectivity index is 1.80. The van der Waals surface area contributed by atoms with Gasteiger partial charge in [0.05, 0.1) is 25.3 Å². The van der Waals surface area contributed by atoms with Crippen molar-refractivity contribution in [3.05, 3.63) is 46.5 Å². The first-order chi connectivity index (χ1) is 22.4. The molecule has 48 heavy (non-hydrogen) atoms. The van der Waals surface area contributed by atoms with Crippen LogP contribution < -0.4 is 15.0 Å². The molecule has 3 amide bonds. The molecule has 1 unspecified atom stereocenters. The number of rotatable bonds is 5. The van der Waals surface area contributed by atoms with Gasteiger partial charge in [-0.25, -0.2) is 9.59 Å². The molecule has 4 rings (SSSR count). The molecule has 0 aromatic heterocycles. The number of hydrogen-bond acceptors (Lipinski definition) is 10. The van der Waals surface area contributed by atoms with Crippen LogP contribution >= 0.6 is 11.6 Å². The smallest absolute Gasteiger partial charge is 0.409 e. The summed E-state index contributed by atoms with van der Waals surface area (Å²) in [7, 11) is 5.97. The zero-order valence-corrected chi connectivity index (χ0v) is 29.6. The summed E-state index contributed by atoms with van der Waals surface area (Å²) in [5, 5.41) is 14.4. The third-order valence-electron chi connectivity index (χ3n) is 9.63. The van der Waals surface area contributed by atoms with E-state index in [1.54, 1.807) is 45.2 Å². The molecule has 1 aromatic rings. The molecule has 0 spiro atoms. The van der Waals surface area contributed by atoms with E-state index in [0.717, 1.165) is 11.1 Å². The number of allylic oxidation sites excluding steroid dienone is 3. The fourth-order valence-electron chi connectivity index (χ4n) is 6.27. The topological polar surface area (TPSA) is 156 Å². The summed E-state index contributed by atoms with van der Waals surface area (Å²) in [5.41, 5.74) is -0.871. The Kier molecular flexibility index (Phi) is 11.2. The molecular weight excluding hydrogens is 646 g/mol. The van der Waals surface area contributed by atoms with Crippen LogP contribution in [0.4, 0.5) is 10.5 Å². The lowest BCUT2D eigenvalue weighted by molar-refractivity contribution is -0.161. The monoisotopic (exact) mass is 691 g/mol. The summed E-state index contributed by atoms with van der Waals surface area (Å²) in [5.74, 6) is -1.63. The number of methoxy groups -OCH3 is 2. The lowest BCUT2D eigenvalue weighted by atomic mass is 9.83. The second-order valence-corrected chi connectivity index (χ2v) is 13.4. The van der Waals surface area contributed by atoms with Gasteiger partial charge in [-0.15, -0.1) is 0 Å². The van der Waals surface area contributed by atoms with Gasteiger partial charge < -0.3 is 38.6 Å². The van der Waals surface area contributed by atoms with Crippen LogP contribution in [0, 0.1) is 5.92 Å². The molecule has 14 heteroatoms. The van der Waals surface area contributed by atoms with E-state index < -0.39 is 65.7 Å². The van der Waals surface area contributed by atoms with Crippen molar-refractivity contribution in [3.63, 3.8) is 0 Å². The Labute approximate surface area is 286 Å². The lowest BCUT2D eigenvalue weighted by Crippen LogP contribution is -2.63. The van der Waals surface area contributed by atoms with Crippen molar-refractivity contribution in [1.29, 1.82) is 0 Å². The summed E-state index contributed by atoms with van der Waals surface area (Å²) >= 11 is 6.71. The average Bonchev–Trinajstić information content (AvgIpc) is 3.73. The van der Waals surface area contributed by atoms with Crippen molar-refractivity contribution < 1.29 is 48.0 Å². The molecule has 2 saturated heterocycles. The highest BCUT2D eigenvalue weighted by atomic mass is 35.5. The quantitative estimate of drug-likeness (QED) is 0.346. The highest BCUT2D eigenvalue weighted by Gasteiger charge is 2.64. The van der Waals surface area contributed by atoms with Gasteiger partial charge in [0.25, 0.3) is 0 Å². The second-order valence-electron chi connectivity index (χ2n) is 13.0. The number of epoxide rings is 1. The fourth-order valence-corrected chi connectivity index (χ4v) is 6.59. The van der Waals surface area contributed by atoms with Crippen molar-refractivity contribution in [2.75, 3.05) is 33.2 Å². The average molecular weight is 692 g/mol. The molecule has 2 N–H and O–H groups in total. The SMILES string of the molecule is COc1cc2cc(c1Cl)N(C)C(=O)C[C@H](OC(=O)[C@H](C)N(C)C(C)=O)C1(C)O[C@H]1[C@H](C)[C@@H]1C[C@@](O)(NC(=O)O1)[C@H](OC)/C=C/C=C(\C)C2. The fraction of sp³-hybridized carbons (Fsp3) is 0.588. The summed E-state index contributed by atoms with van der Waals surface area (Å²) in [6.45, 7) is 8.29. The Hall–Kier alpha value is -3.65. The van der Waals surface area contributed by atoms with Gasteiger partial charge in [-0.05, 0) is 44.9 Å². The second kappa shape index (κ2) is 14.5. The van der Waals surface area contributed by atoms with Crippen LogP contribution in [-0.2, 0) is 39.8 Å². The van der Waals surface area contributed by atoms with Gasteiger partial charge in [-0.1, -0.05) is 42.3 Å². The van der Waals surface area contributed by atoms with Gasteiger partial charge in [0, 0.05) is 40.5 Å². The van der Waals surface area contributed by atoms with E-state index in [1.807, 2.05) is 13.0 Å². The van der Waals surface area contributed by atoms with Crippen molar-refractivity contribution in [1.82, 2.24) is 10.2 Å². The van der Waals surface area contributed by atoms with E-state index in [0.29, 0.717) is 17.9 Å². The number of esters is 1. The molecule has 3 aliphatic heterocycles. The van der Waals surface area contributed by atoms with Crippen LogP contribution in [0.3, 0.4) is 0 Å². The molecule has 1 aromatic carbocycles. The third-order valence-corrected chi connectivity index (χ3v) is 10.0. The Bertz CT molecular complexity index is 1500. The van der Waals surface area contributed by atoms with Gasteiger partial charge in [-0.3, -0.25) is 14.9 Å². The predicted molar refractivity (Wildman–Crippen MR) is 177 cm³/mol. The minimum atomic E-state index is -1.81. The molecule has 13 nitrogen and oxygen atoms in total. The molecule has 264 valence electrons. The van der Waals surface area contributed by atoms with Crippen molar-refractivity contribution >= 4 is 41.2 Å². The Morgan fingerprint density at radius 3 is 2.56 bits per heavy atom. The maximum Gasteiger partial charge on any atom is 0.409 e. The number of likely N-dealkylation sites (N-methyl/N-ethyl adjacent to an activating group) is 1. The number of aliphatic hydroxyl groups is 1. The number of alkyl carbamates (subject to hydrolysis) is 1. The van der Waals surface area contributed by atoms with Gasteiger partial charge in [0.2, 0.25) is 11.8 Å². The minimum absolute atomic E-state index is 0.0436. The van der Waals surface area contributed by atoms with Gasteiger partial charge in [0.1, 0.15) is 40.7 Å². The molecule has 4 bridgehead atoms. The number of hydrogen-bond donors (Lipinski definition) is 2. The largest absolute Gasteiger partial charge is 0.495 e. The maximum atomic E-state index is 14.0. The normalized spacial score (nSPS) is 33.2. The van der Waals surface area contributed by atoms with Gasteiger partial charge >= 0.3 is 12.1 Å². The van der Waals surface area contributed by atoms with Crippen molar-refractivity contribution in [2.24, 2.45) is 5.92 Å². The van der Waals surface area contributed by atoms with E-state index >= 15 is 0 Å². The summed E-state index contributed by atoms with van der Waals surface area (Å²) in [6, 6.07) is 2.63. The number of carbonyl (C=O) groups excluding carboxylic acids is 4. The number of nitrogens with one attached hydrogen (secondary N) is 1. The number of halogens is 1. The minimum Gasteiger partial charge on any atom is -0.495 e. The Morgan fingerprint density at radius 1 is 1.25 bits per heavy atom. The van der Waals surface area contributed by atoms with Crippen LogP contribution in [0.5, 0.6) is 5.75 Å². The Morgan fingerprint density at radius 2 is 1.94 bits per heavy atom. The standard InChI is InChI=1S/C34H46ClN3O10/c1-18-11-10-12-26(45-9)34(43)17-25(46-32(42)36-34)19(2)30-33(5,48-30)27(47-31(41)20(3)37(6)21(4)39)16-28(40)38(7)23-14-22(13-18)15-24(44-8)29(23)35/h10-12,14-15,19-20,25-27,30,43H,13,16-17H2,1-9H3,(H,36,42)/b12-10+,18-11+/t19-,20+,25+,26-,27+,30+,33?,34+/m1/s1. The van der Waals surface area contributed by atoms with Crippen LogP contribution in [0.1, 0.15) is 53.0 Å². The van der Waals surface area contributed by atoms with Crippen LogP contribution in [0.2, 0.25) is 5.02 Å². The lowest BCUT2D eigenvalue weighted by Gasteiger charge is -2.42. The highest BCUT2D eigenvalue weighted by Crippen LogP contribution is 2.49. The first-order valence-corrected chi connectivity index (χ1v) is 16.2. The molecule has 0 aliphatic carbocycles. The van der Waals surface area contributed by atoms with E-state index in [1.165, 1.54) is 44.9 Å². The summed E-state index contributed by atoms with van der Waals surface area (Å²) in [4.78, 5) is 54.7. The number of ether oxygens (including phenoxy) is 5. The first kappa shape index (κ1) is 37.2. The molecule has 0 radical (unpaired) electrons. The third kappa shape index (κ3) is 7.64. The molecule has 3 aliphatic rings. The van der Waals surface area contributed by atoms with Gasteiger partial charge in [-0.2, -0.15) is 0 Å². The molecule has 8 atom stereocenters. The van der Waals surface area contributed by atoms with Crippen LogP contribution in [0.15, 0.2) is 35.9 Å². The van der Waals surface area contributed by atoms with E-state index in [4.69, 9.17) is 35.3 Å². The highest BCUT2D eigenvalue weighted by molar-refractivity contribution is 6.35. The molecule has 0 saturated carbocycles. The number of nitrogens with zero attached hydrogens (tertiary/aromatic N) is 2. The molecule has 2 fully saturated rings. The zero-order chi connectivity index (χ0) is 35.7. The van der Waals surface area contributed by atoms with Crippen molar-refractivity contribution in [3.8, 4) is 5.75 Å². The number of carbonyl (C=O) groups is 4. The van der Waals surface area contributed by atoms with E-state index in [9.17, 15) is 24.3 Å². The maximum absolute atomic E-state index is 14.0. The number of benzene rings is 1. The van der Waals surface area contributed by atoms with E-state index in [-0.39, 0.29) is 23.8 Å². The van der Waals surface area contributed by atoms with E-state index in [2.05, 4.69) is 5.32 Å². The first-order valence-electron chi connectivity index (χ1n) is 15.8.